The highest BCUT2D eigenvalue weighted by Crippen LogP contribution is 2.29. The highest BCUT2D eigenvalue weighted by atomic mass is 32.2. The van der Waals surface area contributed by atoms with Crippen molar-refractivity contribution in [3.63, 3.8) is 0 Å². The van der Waals surface area contributed by atoms with Gasteiger partial charge in [-0.15, -0.1) is 0 Å². The van der Waals surface area contributed by atoms with Crippen LogP contribution in [0.4, 0.5) is 14.5 Å². The smallest absolute Gasteiger partial charge is 0.242 e. The highest BCUT2D eigenvalue weighted by molar-refractivity contribution is 7.89. The second kappa shape index (κ2) is 8.31. The van der Waals surface area contributed by atoms with Gasteiger partial charge in [0.1, 0.15) is 0 Å². The maximum absolute atomic E-state index is 13.2. The Morgan fingerprint density at radius 1 is 1.00 bits per heavy atom. The Hall–Kier alpha value is -2.72. The summed E-state index contributed by atoms with van der Waals surface area (Å²) in [5, 5.41) is 2.31. The van der Waals surface area contributed by atoms with Crippen molar-refractivity contribution >= 4 is 21.6 Å². The lowest BCUT2D eigenvalue weighted by Gasteiger charge is -2.15. The van der Waals surface area contributed by atoms with E-state index in [0.717, 1.165) is 18.2 Å². The van der Waals surface area contributed by atoms with E-state index in [4.69, 9.17) is 9.47 Å². The van der Waals surface area contributed by atoms with E-state index in [-0.39, 0.29) is 16.3 Å². The summed E-state index contributed by atoms with van der Waals surface area (Å²) < 4.78 is 63.4. The Morgan fingerprint density at radius 2 is 1.67 bits per heavy atom. The molecular weight excluding hydrogens is 382 g/mol. The molecule has 0 bridgehead atoms. The predicted molar refractivity (Wildman–Crippen MR) is 94.3 cm³/mol. The number of hydrogen-bond donors (Lipinski definition) is 2. The van der Waals surface area contributed by atoms with Gasteiger partial charge in [0.05, 0.1) is 25.2 Å². The second-order valence-electron chi connectivity index (χ2n) is 5.48. The van der Waals surface area contributed by atoms with Crippen LogP contribution in [-0.2, 0) is 14.8 Å². The van der Waals surface area contributed by atoms with Gasteiger partial charge < -0.3 is 14.8 Å². The van der Waals surface area contributed by atoms with Crippen molar-refractivity contribution in [2.75, 3.05) is 19.5 Å². The van der Waals surface area contributed by atoms with Crippen LogP contribution in [-0.4, -0.2) is 34.6 Å². The monoisotopic (exact) mass is 400 g/mol. The lowest BCUT2D eigenvalue weighted by Crippen LogP contribution is -2.41. The van der Waals surface area contributed by atoms with Crippen molar-refractivity contribution in [3.8, 4) is 11.5 Å². The van der Waals surface area contributed by atoms with E-state index in [2.05, 4.69) is 10.0 Å². The van der Waals surface area contributed by atoms with Crippen LogP contribution >= 0.6 is 0 Å². The fourth-order valence-corrected chi connectivity index (χ4v) is 3.38. The molecule has 0 unspecified atom stereocenters. The first-order valence-corrected chi connectivity index (χ1v) is 9.16. The number of amides is 1. The number of nitrogens with one attached hydrogen (secondary N) is 2. The molecule has 2 N–H and O–H groups in total. The van der Waals surface area contributed by atoms with Crippen molar-refractivity contribution in [2.24, 2.45) is 0 Å². The Kier molecular flexibility index (Phi) is 6.34. The average Bonchev–Trinajstić information content (AvgIpc) is 2.63. The number of carbonyl (C=O) groups excluding carboxylic acids is 1. The van der Waals surface area contributed by atoms with Crippen molar-refractivity contribution in [1.29, 1.82) is 0 Å². The number of carbonyl (C=O) groups is 1. The third-order valence-electron chi connectivity index (χ3n) is 3.58. The standard InChI is InChI=1S/C17H18F2N2O5S/c1-10(17(22)20-11-4-6-13(18)14(19)8-11)21-27(23,24)12-5-7-15(25-2)16(9-12)26-3/h4-10,21H,1-3H3,(H,20,22)/t10-/m0/s1. The van der Waals surface area contributed by atoms with Gasteiger partial charge >= 0.3 is 0 Å². The van der Waals surface area contributed by atoms with Gasteiger partial charge in [-0.3, -0.25) is 4.79 Å². The first-order valence-electron chi connectivity index (χ1n) is 7.68. The number of ether oxygens (including phenoxy) is 2. The van der Waals surface area contributed by atoms with Gasteiger partial charge in [-0.2, -0.15) is 4.72 Å². The summed E-state index contributed by atoms with van der Waals surface area (Å²) >= 11 is 0. The molecule has 2 rings (SSSR count). The summed E-state index contributed by atoms with van der Waals surface area (Å²) in [5.41, 5.74) is -0.00364. The van der Waals surface area contributed by atoms with Crippen LogP contribution in [0.3, 0.4) is 0 Å². The van der Waals surface area contributed by atoms with Crippen LogP contribution in [0.5, 0.6) is 11.5 Å². The fourth-order valence-electron chi connectivity index (χ4n) is 2.16. The molecule has 0 aliphatic heterocycles. The SMILES string of the molecule is COc1ccc(S(=O)(=O)N[C@@H](C)C(=O)Nc2ccc(F)c(F)c2)cc1OC. The molecule has 0 aliphatic rings. The second-order valence-corrected chi connectivity index (χ2v) is 7.19. The molecule has 0 radical (unpaired) electrons. The lowest BCUT2D eigenvalue weighted by atomic mass is 10.2. The van der Waals surface area contributed by atoms with Gasteiger partial charge in [0.25, 0.3) is 0 Å². The molecule has 27 heavy (non-hydrogen) atoms. The van der Waals surface area contributed by atoms with Crippen LogP contribution in [0.25, 0.3) is 0 Å². The Morgan fingerprint density at radius 3 is 2.26 bits per heavy atom. The van der Waals surface area contributed by atoms with E-state index in [0.29, 0.717) is 5.75 Å². The molecular formula is C17H18F2N2O5S. The van der Waals surface area contributed by atoms with Crippen LogP contribution in [0, 0.1) is 11.6 Å². The van der Waals surface area contributed by atoms with Gasteiger partial charge in [-0.05, 0) is 31.2 Å². The molecule has 2 aromatic rings. The number of rotatable bonds is 7. The zero-order valence-electron chi connectivity index (χ0n) is 14.7. The molecule has 0 aliphatic carbocycles. The number of methoxy groups -OCH3 is 2. The Labute approximate surface area is 155 Å². The highest BCUT2D eigenvalue weighted by Gasteiger charge is 2.23. The summed E-state index contributed by atoms with van der Waals surface area (Å²) in [7, 11) is -1.28. The van der Waals surface area contributed by atoms with E-state index < -0.39 is 33.6 Å². The molecule has 10 heteroatoms. The van der Waals surface area contributed by atoms with Crippen molar-refractivity contribution in [2.45, 2.75) is 17.9 Å². The van der Waals surface area contributed by atoms with E-state index in [9.17, 15) is 22.0 Å². The number of hydrogen-bond acceptors (Lipinski definition) is 5. The van der Waals surface area contributed by atoms with E-state index >= 15 is 0 Å². The van der Waals surface area contributed by atoms with Gasteiger partial charge in [0.2, 0.25) is 15.9 Å². The van der Waals surface area contributed by atoms with E-state index in [1.54, 1.807) is 0 Å². The summed E-state index contributed by atoms with van der Waals surface area (Å²) in [6.45, 7) is 1.31. The van der Waals surface area contributed by atoms with E-state index in [1.807, 2.05) is 0 Å². The average molecular weight is 400 g/mol. The molecule has 0 spiro atoms. The largest absolute Gasteiger partial charge is 0.493 e. The van der Waals surface area contributed by atoms with Gasteiger partial charge in [-0.25, -0.2) is 17.2 Å². The minimum Gasteiger partial charge on any atom is -0.493 e. The molecule has 0 aromatic heterocycles. The van der Waals surface area contributed by atoms with Crippen LogP contribution < -0.4 is 19.5 Å². The minimum atomic E-state index is -4.05. The number of benzene rings is 2. The lowest BCUT2D eigenvalue weighted by molar-refractivity contribution is -0.117. The predicted octanol–water partition coefficient (Wildman–Crippen LogP) is 2.29. The molecule has 146 valence electrons. The van der Waals surface area contributed by atoms with Crippen LogP contribution in [0.2, 0.25) is 0 Å². The molecule has 1 amide bonds. The van der Waals surface area contributed by atoms with Crippen molar-refractivity contribution < 1.29 is 31.5 Å². The molecule has 1 atom stereocenters. The van der Waals surface area contributed by atoms with Gasteiger partial charge in [-0.1, -0.05) is 0 Å². The molecule has 7 nitrogen and oxygen atoms in total. The molecule has 0 heterocycles. The fraction of sp³-hybridized carbons (Fsp3) is 0.235. The maximum atomic E-state index is 13.2. The first-order chi connectivity index (χ1) is 12.7. The normalized spacial score (nSPS) is 12.3. The number of halogens is 2. The molecule has 0 fully saturated rings. The summed E-state index contributed by atoms with van der Waals surface area (Å²) in [5.74, 6) is -2.38. The molecule has 0 saturated heterocycles. The summed E-state index contributed by atoms with van der Waals surface area (Å²) in [4.78, 5) is 12.0. The summed E-state index contributed by atoms with van der Waals surface area (Å²) in [6, 6.07) is 5.58. The van der Waals surface area contributed by atoms with Crippen LogP contribution in [0.15, 0.2) is 41.3 Å². The van der Waals surface area contributed by atoms with Gasteiger partial charge in [0.15, 0.2) is 23.1 Å². The van der Waals surface area contributed by atoms with E-state index in [1.165, 1.54) is 39.3 Å². The molecule has 2 aromatic carbocycles. The minimum absolute atomic E-state index is 0.00364. The third kappa shape index (κ3) is 4.92. The third-order valence-corrected chi connectivity index (χ3v) is 5.12. The quantitative estimate of drug-likeness (QED) is 0.744. The molecule has 0 saturated carbocycles. The summed E-state index contributed by atoms with van der Waals surface area (Å²) in [6.07, 6.45) is 0. The zero-order valence-corrected chi connectivity index (χ0v) is 15.6. The maximum Gasteiger partial charge on any atom is 0.242 e. The van der Waals surface area contributed by atoms with Crippen LogP contribution in [0.1, 0.15) is 6.92 Å². The van der Waals surface area contributed by atoms with Crippen molar-refractivity contribution in [1.82, 2.24) is 4.72 Å². The van der Waals surface area contributed by atoms with Crippen molar-refractivity contribution in [3.05, 3.63) is 48.0 Å². The Bertz CT molecular complexity index is 950. The Balaban J connectivity index is 2.14. The number of sulfonamides is 1. The first kappa shape index (κ1) is 20.6. The number of anilines is 1. The van der Waals surface area contributed by atoms with Gasteiger partial charge in [0, 0.05) is 17.8 Å². The zero-order chi connectivity index (χ0) is 20.2. The topological polar surface area (TPSA) is 93.7 Å².